The van der Waals surface area contributed by atoms with Crippen LogP contribution in [-0.2, 0) is 0 Å². The summed E-state index contributed by atoms with van der Waals surface area (Å²) in [5.41, 5.74) is 0.409. The van der Waals surface area contributed by atoms with Gasteiger partial charge in [-0.05, 0) is 70.4 Å². The third-order valence-corrected chi connectivity index (χ3v) is 6.45. The lowest BCUT2D eigenvalue weighted by Gasteiger charge is -2.46. The molecule has 0 saturated heterocycles. The van der Waals surface area contributed by atoms with E-state index < -0.39 is 0 Å². The third kappa shape index (κ3) is 4.45. The van der Waals surface area contributed by atoms with E-state index in [0.29, 0.717) is 5.54 Å². The van der Waals surface area contributed by atoms with E-state index >= 15 is 0 Å². The normalized spacial score (nSPS) is 38.1. The van der Waals surface area contributed by atoms with E-state index in [1.165, 1.54) is 57.9 Å². The van der Waals surface area contributed by atoms with Crippen molar-refractivity contribution in [2.75, 3.05) is 20.6 Å². The van der Waals surface area contributed by atoms with Crippen molar-refractivity contribution in [2.45, 2.75) is 83.7 Å². The monoisotopic (exact) mass is 294 g/mol. The van der Waals surface area contributed by atoms with Crippen LogP contribution < -0.4 is 5.32 Å². The zero-order chi connectivity index (χ0) is 15.5. The average molecular weight is 295 g/mol. The van der Waals surface area contributed by atoms with Crippen LogP contribution in [0.1, 0.15) is 72.1 Å². The highest BCUT2D eigenvalue weighted by molar-refractivity contribution is 4.95. The molecule has 21 heavy (non-hydrogen) atoms. The van der Waals surface area contributed by atoms with E-state index in [4.69, 9.17) is 0 Å². The first kappa shape index (κ1) is 17.3. The Hall–Kier alpha value is -0.0800. The smallest absolute Gasteiger partial charge is 0.0330 e. The Balaban J connectivity index is 1.83. The number of hydrogen-bond donors (Lipinski definition) is 1. The molecule has 2 fully saturated rings. The molecule has 2 aliphatic rings. The van der Waals surface area contributed by atoms with Gasteiger partial charge in [0, 0.05) is 18.1 Å². The third-order valence-electron chi connectivity index (χ3n) is 6.45. The molecule has 0 bridgehead atoms. The number of nitrogens with one attached hydrogen (secondary N) is 1. The lowest BCUT2D eigenvalue weighted by molar-refractivity contribution is 0.0691. The van der Waals surface area contributed by atoms with E-state index in [2.05, 4.69) is 45.1 Å². The molecule has 1 N–H and O–H groups in total. The molecular weight excluding hydrogens is 256 g/mol. The molecule has 2 nitrogen and oxygen atoms in total. The number of hydrogen-bond acceptors (Lipinski definition) is 2. The lowest BCUT2D eigenvalue weighted by atomic mass is 9.75. The van der Waals surface area contributed by atoms with E-state index in [1.54, 1.807) is 0 Å². The zero-order valence-electron chi connectivity index (χ0n) is 15.1. The van der Waals surface area contributed by atoms with Gasteiger partial charge in [-0.25, -0.2) is 0 Å². The lowest BCUT2D eigenvalue weighted by Crippen LogP contribution is -2.56. The van der Waals surface area contributed by atoms with Crippen LogP contribution in [0.25, 0.3) is 0 Å². The fraction of sp³-hybridized carbons (Fsp3) is 1.00. The second-order valence-electron chi connectivity index (χ2n) is 8.56. The summed E-state index contributed by atoms with van der Waals surface area (Å²) in [5, 5.41) is 3.95. The Morgan fingerprint density at radius 3 is 2.29 bits per heavy atom. The molecule has 2 rings (SSSR count). The van der Waals surface area contributed by atoms with Gasteiger partial charge in [-0.1, -0.05) is 33.6 Å². The first-order valence-electron chi connectivity index (χ1n) is 9.34. The van der Waals surface area contributed by atoms with E-state index in [9.17, 15) is 0 Å². The van der Waals surface area contributed by atoms with Crippen molar-refractivity contribution in [1.82, 2.24) is 10.2 Å². The Kier molecular flexibility index (Phi) is 6.14. The second kappa shape index (κ2) is 7.46. The van der Waals surface area contributed by atoms with Crippen molar-refractivity contribution in [3.63, 3.8) is 0 Å². The Morgan fingerprint density at radius 1 is 1.10 bits per heavy atom. The minimum absolute atomic E-state index is 0.409. The van der Waals surface area contributed by atoms with Gasteiger partial charge in [0.1, 0.15) is 0 Å². The van der Waals surface area contributed by atoms with Crippen molar-refractivity contribution < 1.29 is 0 Å². The Morgan fingerprint density at radius 2 is 1.76 bits per heavy atom. The molecule has 2 aliphatic carbocycles. The minimum Gasteiger partial charge on any atom is -0.312 e. The summed E-state index contributed by atoms with van der Waals surface area (Å²) in [6.45, 7) is 8.42. The van der Waals surface area contributed by atoms with Crippen LogP contribution in [-0.4, -0.2) is 37.1 Å². The molecule has 0 heterocycles. The molecule has 0 aromatic heterocycles. The molecular formula is C19H38N2. The quantitative estimate of drug-likeness (QED) is 0.813. The summed E-state index contributed by atoms with van der Waals surface area (Å²) >= 11 is 0. The average Bonchev–Trinajstić information content (AvgIpc) is 2.45. The van der Waals surface area contributed by atoms with Gasteiger partial charge in [-0.2, -0.15) is 0 Å². The van der Waals surface area contributed by atoms with Crippen LogP contribution in [0.2, 0.25) is 0 Å². The molecule has 0 spiro atoms. The second-order valence-corrected chi connectivity index (χ2v) is 8.56. The van der Waals surface area contributed by atoms with Crippen LogP contribution in [0.4, 0.5) is 0 Å². The van der Waals surface area contributed by atoms with Crippen molar-refractivity contribution in [2.24, 2.45) is 17.8 Å². The minimum atomic E-state index is 0.409. The highest BCUT2D eigenvalue weighted by Crippen LogP contribution is 2.36. The Bertz CT molecular complexity index is 305. The van der Waals surface area contributed by atoms with Gasteiger partial charge in [0.15, 0.2) is 0 Å². The van der Waals surface area contributed by atoms with E-state index in [0.717, 1.165) is 23.8 Å². The van der Waals surface area contributed by atoms with Crippen molar-refractivity contribution in [1.29, 1.82) is 0 Å². The van der Waals surface area contributed by atoms with Crippen LogP contribution in [0.3, 0.4) is 0 Å². The molecule has 0 aliphatic heterocycles. The molecule has 0 aromatic rings. The molecule has 0 radical (unpaired) electrons. The van der Waals surface area contributed by atoms with Crippen LogP contribution in [0.15, 0.2) is 0 Å². The fourth-order valence-corrected chi connectivity index (χ4v) is 4.68. The van der Waals surface area contributed by atoms with E-state index in [1.807, 2.05) is 0 Å². The highest BCUT2D eigenvalue weighted by atomic mass is 15.2. The van der Waals surface area contributed by atoms with Crippen LogP contribution in [0, 0.1) is 17.8 Å². The summed E-state index contributed by atoms with van der Waals surface area (Å²) in [7, 11) is 4.57. The van der Waals surface area contributed by atoms with Crippen molar-refractivity contribution in [3.8, 4) is 0 Å². The van der Waals surface area contributed by atoms with Crippen molar-refractivity contribution >= 4 is 0 Å². The summed E-state index contributed by atoms with van der Waals surface area (Å²) in [6.07, 6.45) is 11.2. The fourth-order valence-electron chi connectivity index (χ4n) is 4.68. The topological polar surface area (TPSA) is 15.3 Å². The molecule has 2 heteroatoms. The van der Waals surface area contributed by atoms with Crippen LogP contribution in [0.5, 0.6) is 0 Å². The van der Waals surface area contributed by atoms with Gasteiger partial charge in [-0.3, -0.25) is 0 Å². The predicted molar refractivity (Wildman–Crippen MR) is 92.6 cm³/mol. The summed E-state index contributed by atoms with van der Waals surface area (Å²) in [6, 6.07) is 0.772. The first-order chi connectivity index (χ1) is 9.93. The first-order valence-corrected chi connectivity index (χ1v) is 9.34. The molecule has 124 valence electrons. The van der Waals surface area contributed by atoms with Gasteiger partial charge < -0.3 is 10.2 Å². The molecule has 2 saturated carbocycles. The summed E-state index contributed by atoms with van der Waals surface area (Å²) < 4.78 is 0. The maximum atomic E-state index is 3.95. The van der Waals surface area contributed by atoms with Gasteiger partial charge >= 0.3 is 0 Å². The van der Waals surface area contributed by atoms with Gasteiger partial charge in [0.25, 0.3) is 0 Å². The zero-order valence-corrected chi connectivity index (χ0v) is 15.1. The summed E-state index contributed by atoms with van der Waals surface area (Å²) in [4.78, 5) is 2.51. The highest BCUT2D eigenvalue weighted by Gasteiger charge is 2.37. The number of rotatable bonds is 5. The van der Waals surface area contributed by atoms with Gasteiger partial charge in [-0.15, -0.1) is 0 Å². The standard InChI is InChI=1S/C19H38N2/c1-15(2)17-8-10-18(11-9-17)20-14-19(21(4)5)12-6-7-16(3)13-19/h15-18,20H,6-14H2,1-5H3. The van der Waals surface area contributed by atoms with Gasteiger partial charge in [0.05, 0.1) is 0 Å². The summed E-state index contributed by atoms with van der Waals surface area (Å²) in [5.74, 6) is 2.73. The number of likely N-dealkylation sites (N-methyl/N-ethyl adjacent to an activating group) is 1. The molecule has 0 aromatic carbocycles. The van der Waals surface area contributed by atoms with Crippen molar-refractivity contribution in [3.05, 3.63) is 0 Å². The largest absolute Gasteiger partial charge is 0.312 e. The molecule has 2 atom stereocenters. The molecule has 0 amide bonds. The van der Waals surface area contributed by atoms with Crippen LogP contribution >= 0.6 is 0 Å². The maximum Gasteiger partial charge on any atom is 0.0330 e. The predicted octanol–water partition coefficient (Wildman–Crippen LogP) is 4.30. The van der Waals surface area contributed by atoms with Gasteiger partial charge in [0.2, 0.25) is 0 Å². The maximum absolute atomic E-state index is 3.95. The SMILES string of the molecule is CC1CCCC(CNC2CCC(C(C)C)CC2)(N(C)C)C1. The number of nitrogens with zero attached hydrogens (tertiary/aromatic N) is 1. The molecule has 2 unspecified atom stereocenters. The Labute approximate surface area is 133 Å². The van der Waals surface area contributed by atoms with E-state index in [-0.39, 0.29) is 0 Å².